The number of ether oxygens (including phenoxy) is 2. The first-order chi connectivity index (χ1) is 18.2. The molecule has 0 amide bonds. The summed E-state index contributed by atoms with van der Waals surface area (Å²) in [4.78, 5) is 16.8. The Morgan fingerprint density at radius 2 is 1.76 bits per heavy atom. The molecule has 11 heteroatoms. The van der Waals surface area contributed by atoms with Gasteiger partial charge in [-0.25, -0.2) is 9.78 Å². The molecule has 0 radical (unpaired) electrons. The average Bonchev–Trinajstić information content (AvgIpc) is 3.46. The van der Waals surface area contributed by atoms with Crippen LogP contribution in [0, 0.1) is 0 Å². The third-order valence-electron chi connectivity index (χ3n) is 5.93. The zero-order chi connectivity index (χ0) is 27.4. The van der Waals surface area contributed by atoms with Crippen LogP contribution in [0.15, 0.2) is 84.1 Å². The number of nitrogens with zero attached hydrogens (tertiary/aromatic N) is 5. The van der Waals surface area contributed by atoms with Gasteiger partial charge in [-0.2, -0.15) is 8.42 Å². The molecule has 0 atom stereocenters. The van der Waals surface area contributed by atoms with Crippen LogP contribution in [0.5, 0.6) is 17.2 Å². The molecule has 0 N–H and O–H groups in total. The predicted octanol–water partition coefficient (Wildman–Crippen LogP) is 4.22. The molecular formula is C27H31N5O5S. The van der Waals surface area contributed by atoms with Gasteiger partial charge >= 0.3 is 5.69 Å². The van der Waals surface area contributed by atoms with Gasteiger partial charge in [0.25, 0.3) is 10.0 Å². The quantitative estimate of drug-likeness (QED) is 0.251. The van der Waals surface area contributed by atoms with Gasteiger partial charge < -0.3 is 14.0 Å². The predicted molar refractivity (Wildman–Crippen MR) is 148 cm³/mol. The summed E-state index contributed by atoms with van der Waals surface area (Å²) in [6.07, 6.45) is 6.86. The van der Waals surface area contributed by atoms with Crippen molar-refractivity contribution in [2.75, 3.05) is 17.5 Å². The maximum Gasteiger partial charge on any atom is 0.328 e. The van der Waals surface area contributed by atoms with Crippen molar-refractivity contribution in [3.8, 4) is 17.2 Å². The van der Waals surface area contributed by atoms with Crippen LogP contribution >= 0.6 is 0 Å². The lowest BCUT2D eigenvalue weighted by Crippen LogP contribution is -2.32. The van der Waals surface area contributed by atoms with Crippen molar-refractivity contribution < 1.29 is 17.9 Å². The molecule has 2 heterocycles. The molecular weight excluding hydrogens is 506 g/mol. The van der Waals surface area contributed by atoms with Crippen molar-refractivity contribution >= 4 is 26.7 Å². The van der Waals surface area contributed by atoms with E-state index in [1.807, 2.05) is 13.0 Å². The lowest BCUT2D eigenvalue weighted by molar-refractivity contribution is 0.316. The molecule has 0 unspecified atom stereocenters. The Bertz CT molecular complexity index is 1650. The van der Waals surface area contributed by atoms with Crippen LogP contribution in [-0.4, -0.2) is 40.3 Å². The number of imidazole rings is 2. The second-order valence-electron chi connectivity index (χ2n) is 8.66. The van der Waals surface area contributed by atoms with E-state index in [1.165, 1.54) is 32.0 Å². The van der Waals surface area contributed by atoms with E-state index < -0.39 is 10.0 Å². The van der Waals surface area contributed by atoms with Gasteiger partial charge in [0.2, 0.25) is 0 Å². The Balaban J connectivity index is 1.89. The van der Waals surface area contributed by atoms with Gasteiger partial charge in [-0.15, -0.1) is 13.2 Å². The monoisotopic (exact) mass is 537 g/mol. The number of aromatic nitrogens is 4. The van der Waals surface area contributed by atoms with Crippen molar-refractivity contribution in [1.29, 1.82) is 0 Å². The highest BCUT2D eigenvalue weighted by atomic mass is 32.2. The first-order valence-corrected chi connectivity index (χ1v) is 13.5. The Morgan fingerprint density at radius 3 is 2.45 bits per heavy atom. The Morgan fingerprint density at radius 1 is 1.05 bits per heavy atom. The molecule has 2 aromatic heterocycles. The SMILES string of the molecule is C=CCN(c1cc2c(cc1Oc1cccc(OCCC)c1)n(C)c(=O)n2C)S(=O)(=O)c1cn(CC=C)cn1. The summed E-state index contributed by atoms with van der Waals surface area (Å²) in [5, 5.41) is -0.135. The molecule has 38 heavy (non-hydrogen) atoms. The van der Waals surface area contributed by atoms with Crippen molar-refractivity contribution in [2.45, 2.75) is 24.9 Å². The summed E-state index contributed by atoms with van der Waals surface area (Å²) in [5.74, 6) is 1.32. The maximum atomic E-state index is 13.8. The fourth-order valence-electron chi connectivity index (χ4n) is 4.04. The summed E-state index contributed by atoms with van der Waals surface area (Å²) >= 11 is 0. The third kappa shape index (κ3) is 5.10. The third-order valence-corrected chi connectivity index (χ3v) is 7.59. The summed E-state index contributed by atoms with van der Waals surface area (Å²) < 4.78 is 45.4. The van der Waals surface area contributed by atoms with Crippen molar-refractivity contribution in [3.63, 3.8) is 0 Å². The van der Waals surface area contributed by atoms with Crippen LogP contribution in [-0.2, 0) is 30.7 Å². The van der Waals surface area contributed by atoms with E-state index in [0.29, 0.717) is 35.7 Å². The number of allylic oxidation sites excluding steroid dienone is 1. The molecule has 0 saturated heterocycles. The highest BCUT2D eigenvalue weighted by Crippen LogP contribution is 2.39. The normalized spacial score (nSPS) is 11.4. The summed E-state index contributed by atoms with van der Waals surface area (Å²) in [6.45, 7) is 10.4. The van der Waals surface area contributed by atoms with Crippen LogP contribution in [0.2, 0.25) is 0 Å². The maximum absolute atomic E-state index is 13.8. The van der Waals surface area contributed by atoms with Crippen LogP contribution in [0.25, 0.3) is 11.0 Å². The molecule has 0 saturated carbocycles. The summed E-state index contributed by atoms with van der Waals surface area (Å²) in [7, 11) is -0.854. The number of anilines is 1. The molecule has 0 aliphatic heterocycles. The number of fused-ring (bicyclic) bond motifs is 1. The molecule has 2 aromatic carbocycles. The van der Waals surface area contributed by atoms with Crippen molar-refractivity contribution in [3.05, 3.63) is 84.7 Å². The standard InChI is InChI=1S/C27H31N5O5S/c1-6-12-31-18-26(28-19-31)38(34,35)32(13-7-2)24-16-22-23(30(5)27(33)29(22)4)17-25(24)37-21-11-9-10-20(15-21)36-14-8-3/h6-7,9-11,15-19H,1-2,8,12-14H2,3-5H3. The van der Waals surface area contributed by atoms with Gasteiger partial charge in [0.15, 0.2) is 10.8 Å². The molecule has 4 aromatic rings. The second-order valence-corrected chi connectivity index (χ2v) is 10.5. The first-order valence-electron chi connectivity index (χ1n) is 12.1. The fourth-order valence-corrected chi connectivity index (χ4v) is 5.42. The van der Waals surface area contributed by atoms with Gasteiger partial charge in [-0.05, 0) is 24.6 Å². The van der Waals surface area contributed by atoms with Gasteiger partial charge in [0.1, 0.15) is 11.5 Å². The van der Waals surface area contributed by atoms with Crippen LogP contribution in [0.4, 0.5) is 5.69 Å². The van der Waals surface area contributed by atoms with E-state index in [9.17, 15) is 13.2 Å². The van der Waals surface area contributed by atoms with E-state index in [1.54, 1.807) is 55.1 Å². The average molecular weight is 538 g/mol. The zero-order valence-corrected chi connectivity index (χ0v) is 22.5. The number of hydrogen-bond acceptors (Lipinski definition) is 6. The lowest BCUT2D eigenvalue weighted by atomic mass is 10.2. The Kier molecular flexibility index (Phi) is 7.77. The van der Waals surface area contributed by atoms with Gasteiger partial charge in [0, 0.05) is 39.0 Å². The number of sulfonamides is 1. The van der Waals surface area contributed by atoms with E-state index >= 15 is 0 Å². The Labute approximate surface area is 221 Å². The number of rotatable bonds is 12. The molecule has 4 rings (SSSR count). The van der Waals surface area contributed by atoms with E-state index in [-0.39, 0.29) is 28.7 Å². The second kappa shape index (κ2) is 11.0. The van der Waals surface area contributed by atoms with Crippen LogP contribution in [0.3, 0.4) is 0 Å². The van der Waals surface area contributed by atoms with Gasteiger partial charge in [0.05, 0.1) is 36.2 Å². The summed E-state index contributed by atoms with van der Waals surface area (Å²) in [6, 6.07) is 10.4. The highest BCUT2D eigenvalue weighted by molar-refractivity contribution is 7.92. The topological polar surface area (TPSA) is 101 Å². The number of benzene rings is 2. The fraction of sp³-hybridized carbons (Fsp3) is 0.259. The van der Waals surface area contributed by atoms with Crippen molar-refractivity contribution in [2.24, 2.45) is 14.1 Å². The molecule has 0 aliphatic carbocycles. The largest absolute Gasteiger partial charge is 0.493 e. The molecule has 0 aliphatic rings. The van der Waals surface area contributed by atoms with E-state index in [0.717, 1.165) is 6.42 Å². The van der Waals surface area contributed by atoms with Crippen LogP contribution in [0.1, 0.15) is 13.3 Å². The van der Waals surface area contributed by atoms with Crippen molar-refractivity contribution in [1.82, 2.24) is 18.7 Å². The molecule has 200 valence electrons. The van der Waals surface area contributed by atoms with Gasteiger partial charge in [-0.1, -0.05) is 25.1 Å². The molecule has 10 nitrogen and oxygen atoms in total. The molecule has 0 fully saturated rings. The molecule has 0 bridgehead atoms. The number of hydrogen-bond donors (Lipinski definition) is 0. The minimum atomic E-state index is -4.14. The molecule has 0 spiro atoms. The smallest absolute Gasteiger partial charge is 0.328 e. The van der Waals surface area contributed by atoms with Gasteiger partial charge in [-0.3, -0.25) is 13.4 Å². The van der Waals surface area contributed by atoms with E-state index in [4.69, 9.17) is 9.47 Å². The minimum absolute atomic E-state index is 0.0566. The minimum Gasteiger partial charge on any atom is -0.493 e. The highest BCUT2D eigenvalue weighted by Gasteiger charge is 2.30. The first kappa shape index (κ1) is 26.8. The Hall–Kier alpha value is -4.25. The van der Waals surface area contributed by atoms with Crippen LogP contribution < -0.4 is 19.5 Å². The summed E-state index contributed by atoms with van der Waals surface area (Å²) in [5.41, 5.74) is 1.11. The van der Waals surface area contributed by atoms with E-state index in [2.05, 4.69) is 18.1 Å². The lowest BCUT2D eigenvalue weighted by Gasteiger charge is -2.24. The zero-order valence-electron chi connectivity index (χ0n) is 21.7. The number of aryl methyl sites for hydroxylation is 2.